The van der Waals surface area contributed by atoms with Gasteiger partial charge in [-0.3, -0.25) is 4.79 Å². The first-order chi connectivity index (χ1) is 13.8. The molecule has 1 unspecified atom stereocenters. The maximum Gasteiger partial charge on any atom is 0.416 e. The highest BCUT2D eigenvalue weighted by Gasteiger charge is 2.30. The Balaban J connectivity index is 1.76. The SMILES string of the molecule is CCOC(=O)C1CCCN(c2ncnc(Nc3ccc(C(F)(F)F)cc3)c2N)C1. The van der Waals surface area contributed by atoms with Crippen LogP contribution in [0.5, 0.6) is 0 Å². The van der Waals surface area contributed by atoms with Crippen LogP contribution in [-0.2, 0) is 15.7 Å². The topological polar surface area (TPSA) is 93.4 Å². The highest BCUT2D eigenvalue weighted by atomic mass is 19.4. The summed E-state index contributed by atoms with van der Waals surface area (Å²) in [5.41, 5.74) is 6.15. The first-order valence-corrected chi connectivity index (χ1v) is 9.26. The number of carbonyl (C=O) groups excluding carboxylic acids is 1. The van der Waals surface area contributed by atoms with Crippen molar-refractivity contribution in [3.05, 3.63) is 36.2 Å². The number of nitrogens with two attached hydrogens (primary N) is 1. The summed E-state index contributed by atoms with van der Waals surface area (Å²) in [6.45, 7) is 3.20. The molecule has 0 amide bonds. The lowest BCUT2D eigenvalue weighted by atomic mass is 9.98. The first-order valence-electron chi connectivity index (χ1n) is 9.26. The van der Waals surface area contributed by atoms with E-state index in [-0.39, 0.29) is 23.4 Å². The number of alkyl halides is 3. The Labute approximate surface area is 166 Å². The lowest BCUT2D eigenvalue weighted by Crippen LogP contribution is -2.40. The largest absolute Gasteiger partial charge is 0.466 e. The van der Waals surface area contributed by atoms with Crippen molar-refractivity contribution in [1.82, 2.24) is 9.97 Å². The van der Waals surface area contributed by atoms with E-state index in [1.807, 2.05) is 4.90 Å². The van der Waals surface area contributed by atoms with E-state index in [0.29, 0.717) is 31.2 Å². The van der Waals surface area contributed by atoms with Crippen molar-refractivity contribution in [3.63, 3.8) is 0 Å². The van der Waals surface area contributed by atoms with Crippen LogP contribution < -0.4 is 16.0 Å². The Hall–Kier alpha value is -3.04. The summed E-state index contributed by atoms with van der Waals surface area (Å²) in [5.74, 6) is 0.258. The highest BCUT2D eigenvalue weighted by molar-refractivity contribution is 5.79. The molecule has 1 aromatic heterocycles. The maximum absolute atomic E-state index is 12.7. The normalized spacial score (nSPS) is 17.1. The Morgan fingerprint density at radius 1 is 1.31 bits per heavy atom. The van der Waals surface area contributed by atoms with Gasteiger partial charge < -0.3 is 20.7 Å². The molecule has 1 aromatic carbocycles. The standard InChI is InChI=1S/C19H22F3N5O2/c1-2-29-18(28)12-4-3-9-27(10-12)17-15(23)16(24-11-25-17)26-14-7-5-13(6-8-14)19(20,21)22/h5-8,11-12H,2-4,9-10,23H2,1H3,(H,24,25,26). The van der Waals surface area contributed by atoms with Crippen molar-refractivity contribution >= 4 is 29.0 Å². The Morgan fingerprint density at radius 2 is 2.03 bits per heavy atom. The fraction of sp³-hybridized carbons (Fsp3) is 0.421. The fourth-order valence-electron chi connectivity index (χ4n) is 3.24. The van der Waals surface area contributed by atoms with Crippen LogP contribution in [0.3, 0.4) is 0 Å². The van der Waals surface area contributed by atoms with Gasteiger partial charge in [-0.15, -0.1) is 0 Å². The average Bonchev–Trinajstić information content (AvgIpc) is 2.69. The van der Waals surface area contributed by atoms with E-state index in [4.69, 9.17) is 10.5 Å². The molecule has 10 heteroatoms. The lowest BCUT2D eigenvalue weighted by Gasteiger charge is -2.33. The zero-order chi connectivity index (χ0) is 21.0. The fourth-order valence-corrected chi connectivity index (χ4v) is 3.24. The Kier molecular flexibility index (Phi) is 6.09. The number of rotatable bonds is 5. The Morgan fingerprint density at radius 3 is 2.69 bits per heavy atom. The van der Waals surface area contributed by atoms with Crippen LogP contribution in [0.2, 0.25) is 0 Å². The van der Waals surface area contributed by atoms with Crippen molar-refractivity contribution < 1.29 is 22.7 Å². The van der Waals surface area contributed by atoms with Crippen molar-refractivity contribution in [2.45, 2.75) is 25.9 Å². The van der Waals surface area contributed by atoms with Crippen LogP contribution in [0.25, 0.3) is 0 Å². The van der Waals surface area contributed by atoms with Crippen LogP contribution in [-0.4, -0.2) is 35.6 Å². The van der Waals surface area contributed by atoms with Gasteiger partial charge in [0.25, 0.3) is 0 Å². The zero-order valence-electron chi connectivity index (χ0n) is 15.9. The second-order valence-corrected chi connectivity index (χ2v) is 6.70. The number of hydrogen-bond acceptors (Lipinski definition) is 7. The van der Waals surface area contributed by atoms with E-state index in [1.54, 1.807) is 6.92 Å². The minimum absolute atomic E-state index is 0.243. The van der Waals surface area contributed by atoms with Crippen LogP contribution in [0, 0.1) is 5.92 Å². The van der Waals surface area contributed by atoms with Gasteiger partial charge in [0, 0.05) is 18.8 Å². The molecule has 0 spiro atoms. The summed E-state index contributed by atoms with van der Waals surface area (Å²) in [4.78, 5) is 22.3. The second-order valence-electron chi connectivity index (χ2n) is 6.70. The van der Waals surface area contributed by atoms with Gasteiger partial charge in [-0.05, 0) is 44.0 Å². The minimum Gasteiger partial charge on any atom is -0.466 e. The molecule has 0 aliphatic carbocycles. The van der Waals surface area contributed by atoms with E-state index in [2.05, 4.69) is 15.3 Å². The number of nitrogens with one attached hydrogen (secondary N) is 1. The van der Waals surface area contributed by atoms with Crippen molar-refractivity contribution in [2.24, 2.45) is 5.92 Å². The van der Waals surface area contributed by atoms with Gasteiger partial charge >= 0.3 is 12.1 Å². The molecule has 0 bridgehead atoms. The molecular formula is C19H22F3N5O2. The smallest absolute Gasteiger partial charge is 0.416 e. The molecule has 0 saturated carbocycles. The number of hydrogen-bond donors (Lipinski definition) is 2. The number of nitrogen functional groups attached to an aromatic ring is 1. The van der Waals surface area contributed by atoms with Gasteiger partial charge in [0.2, 0.25) is 0 Å². The average molecular weight is 409 g/mol. The van der Waals surface area contributed by atoms with Gasteiger partial charge in [-0.1, -0.05) is 0 Å². The summed E-state index contributed by atoms with van der Waals surface area (Å²) in [6, 6.07) is 4.58. The number of anilines is 4. The highest BCUT2D eigenvalue weighted by Crippen LogP contribution is 2.33. The number of nitrogens with zero attached hydrogens (tertiary/aromatic N) is 3. The maximum atomic E-state index is 12.7. The molecule has 3 rings (SSSR count). The van der Waals surface area contributed by atoms with Gasteiger partial charge in [0.15, 0.2) is 11.6 Å². The van der Waals surface area contributed by atoms with Crippen molar-refractivity contribution in [3.8, 4) is 0 Å². The quantitative estimate of drug-likeness (QED) is 0.729. The molecule has 1 aliphatic rings. The number of halogens is 3. The molecule has 2 heterocycles. The third-order valence-corrected chi connectivity index (χ3v) is 4.68. The van der Waals surface area contributed by atoms with Gasteiger partial charge in [-0.25, -0.2) is 9.97 Å². The number of benzene rings is 1. The zero-order valence-corrected chi connectivity index (χ0v) is 15.9. The number of ether oxygens (including phenoxy) is 1. The predicted molar refractivity (Wildman–Crippen MR) is 103 cm³/mol. The van der Waals surface area contributed by atoms with Gasteiger partial charge in [-0.2, -0.15) is 13.2 Å². The minimum atomic E-state index is -4.40. The summed E-state index contributed by atoms with van der Waals surface area (Å²) in [6.07, 6.45) is -1.55. The summed E-state index contributed by atoms with van der Waals surface area (Å²) >= 11 is 0. The summed E-state index contributed by atoms with van der Waals surface area (Å²) in [5, 5.41) is 2.92. The molecule has 1 atom stereocenters. The molecular weight excluding hydrogens is 387 g/mol. The number of esters is 1. The molecule has 2 aromatic rings. The lowest BCUT2D eigenvalue weighted by molar-refractivity contribution is -0.148. The molecule has 156 valence electrons. The third kappa shape index (κ3) is 4.87. The van der Waals surface area contributed by atoms with Gasteiger partial charge in [0.1, 0.15) is 12.0 Å². The molecule has 1 fully saturated rings. The van der Waals surface area contributed by atoms with Crippen LogP contribution in [0.1, 0.15) is 25.3 Å². The van der Waals surface area contributed by atoms with Crippen LogP contribution in [0.4, 0.5) is 36.2 Å². The van der Waals surface area contributed by atoms with Crippen molar-refractivity contribution in [1.29, 1.82) is 0 Å². The number of carbonyl (C=O) groups is 1. The first kappa shape index (κ1) is 20.7. The molecule has 7 nitrogen and oxygen atoms in total. The van der Waals surface area contributed by atoms with E-state index in [0.717, 1.165) is 25.0 Å². The third-order valence-electron chi connectivity index (χ3n) is 4.68. The second kappa shape index (κ2) is 8.54. The number of aromatic nitrogens is 2. The van der Waals surface area contributed by atoms with Crippen LogP contribution >= 0.6 is 0 Å². The monoisotopic (exact) mass is 409 g/mol. The van der Waals surface area contributed by atoms with E-state index in [1.165, 1.54) is 18.5 Å². The number of piperidine rings is 1. The molecule has 1 aliphatic heterocycles. The molecule has 1 saturated heterocycles. The summed E-state index contributed by atoms with van der Waals surface area (Å²) < 4.78 is 43.2. The molecule has 29 heavy (non-hydrogen) atoms. The van der Waals surface area contributed by atoms with E-state index in [9.17, 15) is 18.0 Å². The molecule has 3 N–H and O–H groups in total. The van der Waals surface area contributed by atoms with Crippen molar-refractivity contribution in [2.75, 3.05) is 35.6 Å². The molecule has 0 radical (unpaired) electrons. The van der Waals surface area contributed by atoms with E-state index < -0.39 is 11.7 Å². The van der Waals surface area contributed by atoms with Gasteiger partial charge in [0.05, 0.1) is 18.1 Å². The van der Waals surface area contributed by atoms with Crippen LogP contribution in [0.15, 0.2) is 30.6 Å². The Bertz CT molecular complexity index is 858. The predicted octanol–water partition coefficient (Wildman–Crippen LogP) is 3.60. The summed E-state index contributed by atoms with van der Waals surface area (Å²) in [7, 11) is 0. The van der Waals surface area contributed by atoms with E-state index >= 15 is 0 Å².